The summed E-state index contributed by atoms with van der Waals surface area (Å²) in [6, 6.07) is 7.27. The maximum Gasteiger partial charge on any atom is 0.166 e. The van der Waals surface area contributed by atoms with Crippen LogP contribution in [-0.4, -0.2) is 19.0 Å². The zero-order chi connectivity index (χ0) is 9.26. The van der Waals surface area contributed by atoms with Crippen LogP contribution in [0.1, 0.15) is 0 Å². The molecule has 68 valence electrons. The molecule has 0 saturated carbocycles. The van der Waals surface area contributed by atoms with Gasteiger partial charge in [0.1, 0.15) is 0 Å². The number of hydrogen-bond donors (Lipinski definition) is 2. The molecule has 1 atom stereocenters. The molecule has 0 aliphatic rings. The SMILES string of the molecule is O=S([O-])Nc1n[nH]c2ccccc12. The van der Waals surface area contributed by atoms with Gasteiger partial charge in [-0.05, 0) is 12.1 Å². The number of rotatable bonds is 2. The van der Waals surface area contributed by atoms with E-state index in [0.717, 1.165) is 10.9 Å². The van der Waals surface area contributed by atoms with Gasteiger partial charge in [0.2, 0.25) is 0 Å². The van der Waals surface area contributed by atoms with Crippen LogP contribution in [0.2, 0.25) is 0 Å². The predicted octanol–water partition coefficient (Wildman–Crippen LogP) is 0.769. The maximum atomic E-state index is 10.3. The van der Waals surface area contributed by atoms with Crippen LogP contribution < -0.4 is 4.72 Å². The van der Waals surface area contributed by atoms with E-state index in [1.54, 1.807) is 6.07 Å². The molecule has 2 aromatic rings. The van der Waals surface area contributed by atoms with Crippen molar-refractivity contribution < 1.29 is 8.76 Å². The second-order valence-electron chi connectivity index (χ2n) is 2.45. The van der Waals surface area contributed by atoms with Gasteiger partial charge in [-0.25, -0.2) is 0 Å². The van der Waals surface area contributed by atoms with Crippen molar-refractivity contribution in [1.29, 1.82) is 0 Å². The summed E-state index contributed by atoms with van der Waals surface area (Å²) in [5, 5.41) is 7.27. The molecular weight excluding hydrogens is 190 g/mol. The van der Waals surface area contributed by atoms with Crippen molar-refractivity contribution in [2.75, 3.05) is 4.72 Å². The van der Waals surface area contributed by atoms with Crippen LogP contribution in [0.5, 0.6) is 0 Å². The minimum Gasteiger partial charge on any atom is -0.755 e. The summed E-state index contributed by atoms with van der Waals surface area (Å²) < 4.78 is 22.9. The summed E-state index contributed by atoms with van der Waals surface area (Å²) >= 11 is -2.33. The molecular formula is C7H6N3O2S-. The van der Waals surface area contributed by atoms with Gasteiger partial charge in [0.05, 0.1) is 5.52 Å². The number of benzene rings is 1. The summed E-state index contributed by atoms with van der Waals surface area (Å²) in [4.78, 5) is 0. The first-order chi connectivity index (χ1) is 6.27. The summed E-state index contributed by atoms with van der Waals surface area (Å²) in [5.41, 5.74) is 0.801. The van der Waals surface area contributed by atoms with Gasteiger partial charge in [0, 0.05) is 16.7 Å². The first-order valence-electron chi connectivity index (χ1n) is 3.56. The van der Waals surface area contributed by atoms with E-state index in [1.165, 1.54) is 0 Å². The third-order valence-corrected chi connectivity index (χ3v) is 2.01. The minimum absolute atomic E-state index is 0.323. The van der Waals surface area contributed by atoms with Gasteiger partial charge in [-0.1, -0.05) is 12.1 Å². The topological polar surface area (TPSA) is 80.8 Å². The van der Waals surface area contributed by atoms with Gasteiger partial charge >= 0.3 is 0 Å². The molecule has 0 aliphatic carbocycles. The number of aromatic amines is 1. The summed E-state index contributed by atoms with van der Waals surface area (Å²) in [6.07, 6.45) is 0. The van der Waals surface area contributed by atoms with Gasteiger partial charge in [-0.2, -0.15) is 5.10 Å². The molecule has 0 radical (unpaired) electrons. The molecule has 1 heterocycles. The average Bonchev–Trinajstić information content (AvgIpc) is 2.48. The second-order valence-corrected chi connectivity index (χ2v) is 3.13. The van der Waals surface area contributed by atoms with Crippen molar-refractivity contribution in [2.45, 2.75) is 0 Å². The van der Waals surface area contributed by atoms with E-state index in [0.29, 0.717) is 5.82 Å². The smallest absolute Gasteiger partial charge is 0.166 e. The van der Waals surface area contributed by atoms with Crippen molar-refractivity contribution >= 4 is 28.0 Å². The van der Waals surface area contributed by atoms with E-state index in [4.69, 9.17) is 0 Å². The number of fused-ring (bicyclic) bond motifs is 1. The highest BCUT2D eigenvalue weighted by molar-refractivity contribution is 7.80. The number of hydrogen-bond acceptors (Lipinski definition) is 3. The van der Waals surface area contributed by atoms with Crippen LogP contribution >= 0.6 is 0 Å². The molecule has 0 saturated heterocycles. The molecule has 0 bridgehead atoms. The van der Waals surface area contributed by atoms with Crippen LogP contribution in [0.3, 0.4) is 0 Å². The molecule has 1 aromatic heterocycles. The first-order valence-corrected chi connectivity index (χ1v) is 4.64. The van der Waals surface area contributed by atoms with Crippen LogP contribution in [0.15, 0.2) is 24.3 Å². The van der Waals surface area contributed by atoms with Crippen molar-refractivity contribution in [2.24, 2.45) is 0 Å². The fraction of sp³-hybridized carbons (Fsp3) is 0. The second kappa shape index (κ2) is 3.15. The Labute approximate surface area is 76.6 Å². The lowest BCUT2D eigenvalue weighted by Crippen LogP contribution is -2.02. The zero-order valence-electron chi connectivity index (χ0n) is 6.48. The lowest BCUT2D eigenvalue weighted by molar-refractivity contribution is 0.542. The third-order valence-electron chi connectivity index (χ3n) is 1.65. The van der Waals surface area contributed by atoms with E-state index in [2.05, 4.69) is 14.9 Å². The largest absolute Gasteiger partial charge is 0.755 e. The minimum atomic E-state index is -2.33. The Morgan fingerprint density at radius 3 is 3.00 bits per heavy atom. The van der Waals surface area contributed by atoms with E-state index in [1.807, 2.05) is 18.2 Å². The van der Waals surface area contributed by atoms with Gasteiger partial charge in [-0.3, -0.25) is 14.0 Å². The molecule has 2 rings (SSSR count). The van der Waals surface area contributed by atoms with Gasteiger partial charge in [0.15, 0.2) is 5.82 Å². The van der Waals surface area contributed by atoms with Gasteiger partial charge < -0.3 is 4.55 Å². The number of nitrogens with zero attached hydrogens (tertiary/aromatic N) is 1. The Balaban J connectivity index is 2.51. The summed E-state index contributed by atoms with van der Waals surface area (Å²) in [7, 11) is 0. The van der Waals surface area contributed by atoms with E-state index in [9.17, 15) is 8.76 Å². The highest BCUT2D eigenvalue weighted by atomic mass is 32.2. The van der Waals surface area contributed by atoms with E-state index < -0.39 is 11.3 Å². The van der Waals surface area contributed by atoms with Gasteiger partial charge in [0.25, 0.3) is 0 Å². The number of H-pyrrole nitrogens is 1. The molecule has 2 N–H and O–H groups in total. The Bertz CT molecular complexity index is 454. The molecule has 5 nitrogen and oxygen atoms in total. The molecule has 0 amide bonds. The zero-order valence-corrected chi connectivity index (χ0v) is 7.30. The van der Waals surface area contributed by atoms with Crippen molar-refractivity contribution in [3.8, 4) is 0 Å². The monoisotopic (exact) mass is 196 g/mol. The number of nitrogens with one attached hydrogen (secondary N) is 2. The average molecular weight is 196 g/mol. The lowest BCUT2D eigenvalue weighted by Gasteiger charge is -2.04. The lowest BCUT2D eigenvalue weighted by atomic mass is 10.2. The van der Waals surface area contributed by atoms with Gasteiger partial charge in [-0.15, -0.1) is 0 Å². The van der Waals surface area contributed by atoms with Crippen molar-refractivity contribution in [3.63, 3.8) is 0 Å². The molecule has 0 spiro atoms. The fourth-order valence-electron chi connectivity index (χ4n) is 1.12. The Morgan fingerprint density at radius 2 is 2.23 bits per heavy atom. The molecule has 1 aromatic carbocycles. The van der Waals surface area contributed by atoms with E-state index >= 15 is 0 Å². The number of anilines is 1. The third kappa shape index (κ3) is 1.53. The predicted molar refractivity (Wildman–Crippen MR) is 48.6 cm³/mol. The van der Waals surface area contributed by atoms with E-state index in [-0.39, 0.29) is 0 Å². The van der Waals surface area contributed by atoms with Crippen LogP contribution in [0.4, 0.5) is 5.82 Å². The van der Waals surface area contributed by atoms with Crippen LogP contribution in [0.25, 0.3) is 10.9 Å². The normalized spacial score (nSPS) is 13.0. The van der Waals surface area contributed by atoms with Crippen molar-refractivity contribution in [3.05, 3.63) is 24.3 Å². The number of aromatic nitrogens is 2. The molecule has 1 unspecified atom stereocenters. The Hall–Kier alpha value is -1.40. The quantitative estimate of drug-likeness (QED) is 0.696. The first kappa shape index (κ1) is 8.21. The van der Waals surface area contributed by atoms with Crippen molar-refractivity contribution in [1.82, 2.24) is 10.2 Å². The summed E-state index contributed by atoms with van der Waals surface area (Å²) in [6.45, 7) is 0. The maximum absolute atomic E-state index is 10.3. The molecule has 13 heavy (non-hydrogen) atoms. The Morgan fingerprint density at radius 1 is 1.46 bits per heavy atom. The summed E-state index contributed by atoms with van der Waals surface area (Å²) in [5.74, 6) is 0.323. The molecule has 6 heteroatoms. The van der Waals surface area contributed by atoms with Crippen LogP contribution in [-0.2, 0) is 11.3 Å². The highest BCUT2D eigenvalue weighted by Gasteiger charge is 2.02. The fourth-order valence-corrected chi connectivity index (χ4v) is 1.43. The standard InChI is InChI=1S/C7H7N3O2S/c11-13(12)10-7-5-3-1-2-4-6(5)8-9-7/h1-4H,(H,11,12)(H2,8,9,10)/p-1. The molecule has 0 fully saturated rings. The highest BCUT2D eigenvalue weighted by Crippen LogP contribution is 2.19. The number of para-hydroxylation sites is 1. The Kier molecular flexibility index (Phi) is 1.99. The molecule has 0 aliphatic heterocycles. The van der Waals surface area contributed by atoms with Crippen LogP contribution in [0, 0.1) is 0 Å².